The largest absolute Gasteiger partial charge is 0.348 e. The van der Waals surface area contributed by atoms with Gasteiger partial charge in [-0.15, -0.1) is 0 Å². The molecule has 1 fully saturated rings. The molecule has 4 nitrogen and oxygen atoms in total. The number of piperidine rings is 1. The number of rotatable bonds is 5. The van der Waals surface area contributed by atoms with Gasteiger partial charge in [0.2, 0.25) is 0 Å². The van der Waals surface area contributed by atoms with Gasteiger partial charge in [-0.2, -0.15) is 0 Å². The smallest absolute Gasteiger partial charge is 0.120 e. The van der Waals surface area contributed by atoms with E-state index in [9.17, 15) is 0 Å². The van der Waals surface area contributed by atoms with Gasteiger partial charge in [0.05, 0.1) is 6.54 Å². The molecule has 1 aliphatic heterocycles. The van der Waals surface area contributed by atoms with Crippen molar-refractivity contribution in [2.24, 2.45) is 5.92 Å². The van der Waals surface area contributed by atoms with E-state index in [1.165, 1.54) is 25.9 Å². The molecule has 1 saturated heterocycles. The summed E-state index contributed by atoms with van der Waals surface area (Å²) in [5.41, 5.74) is 0. The Balaban J connectivity index is 1.65. The molecule has 0 aliphatic carbocycles. The lowest BCUT2D eigenvalue weighted by atomic mass is 9.98. The highest BCUT2D eigenvalue weighted by Crippen LogP contribution is 2.17. The highest BCUT2D eigenvalue weighted by Gasteiger charge is 2.19. The number of aromatic amines is 1. The van der Waals surface area contributed by atoms with E-state index in [4.69, 9.17) is 0 Å². The number of aromatic nitrogens is 2. The Morgan fingerprint density at radius 1 is 1.53 bits per heavy atom. The molecule has 96 valence electrons. The summed E-state index contributed by atoms with van der Waals surface area (Å²) in [6.45, 7) is 9.05. The second-order valence-electron chi connectivity index (χ2n) is 5.23. The van der Waals surface area contributed by atoms with E-state index < -0.39 is 0 Å². The Morgan fingerprint density at radius 3 is 2.94 bits per heavy atom. The number of hydrogen-bond donors (Lipinski definition) is 2. The first-order chi connectivity index (χ1) is 8.25. The number of nitrogens with zero attached hydrogens (tertiary/aromatic N) is 2. The molecule has 4 heteroatoms. The molecule has 0 aromatic carbocycles. The summed E-state index contributed by atoms with van der Waals surface area (Å²) in [7, 11) is 0. The number of likely N-dealkylation sites (tertiary alicyclic amines) is 1. The second-order valence-corrected chi connectivity index (χ2v) is 5.23. The molecule has 1 aromatic heterocycles. The molecule has 1 aliphatic rings. The van der Waals surface area contributed by atoms with Gasteiger partial charge in [0.25, 0.3) is 0 Å². The van der Waals surface area contributed by atoms with Gasteiger partial charge in [-0.05, 0) is 38.8 Å². The lowest BCUT2D eigenvalue weighted by Crippen LogP contribution is -2.44. The van der Waals surface area contributed by atoms with Crippen LogP contribution in [0.25, 0.3) is 0 Å². The van der Waals surface area contributed by atoms with E-state index in [-0.39, 0.29) is 0 Å². The number of nitrogens with one attached hydrogen (secondary N) is 2. The van der Waals surface area contributed by atoms with Crippen LogP contribution in [0, 0.1) is 5.92 Å². The van der Waals surface area contributed by atoms with Gasteiger partial charge in [0, 0.05) is 25.0 Å². The standard InChI is InChI=1S/C13H24N4/c1-11-3-7-17(8-4-11)12(2)9-14-10-13-15-5-6-16-13/h5-6,11-12,14H,3-4,7-10H2,1-2H3,(H,15,16). The van der Waals surface area contributed by atoms with E-state index in [1.54, 1.807) is 6.20 Å². The lowest BCUT2D eigenvalue weighted by Gasteiger charge is -2.35. The zero-order chi connectivity index (χ0) is 12.1. The summed E-state index contributed by atoms with van der Waals surface area (Å²) in [5.74, 6) is 1.93. The van der Waals surface area contributed by atoms with Crippen molar-refractivity contribution in [3.8, 4) is 0 Å². The Morgan fingerprint density at radius 2 is 2.29 bits per heavy atom. The van der Waals surface area contributed by atoms with E-state index in [2.05, 4.69) is 34.0 Å². The quantitative estimate of drug-likeness (QED) is 0.816. The Hall–Kier alpha value is -0.870. The lowest BCUT2D eigenvalue weighted by molar-refractivity contribution is 0.144. The molecule has 2 rings (SSSR count). The average Bonchev–Trinajstić information content (AvgIpc) is 2.83. The van der Waals surface area contributed by atoms with Crippen LogP contribution in [0.4, 0.5) is 0 Å². The van der Waals surface area contributed by atoms with Crippen molar-refractivity contribution in [1.29, 1.82) is 0 Å². The maximum absolute atomic E-state index is 4.20. The predicted octanol–water partition coefficient (Wildman–Crippen LogP) is 1.62. The minimum absolute atomic E-state index is 0.623. The van der Waals surface area contributed by atoms with E-state index >= 15 is 0 Å². The summed E-state index contributed by atoms with van der Waals surface area (Å²) in [6, 6.07) is 0.623. The summed E-state index contributed by atoms with van der Waals surface area (Å²) >= 11 is 0. The summed E-state index contributed by atoms with van der Waals surface area (Å²) in [4.78, 5) is 9.91. The molecule has 1 atom stereocenters. The summed E-state index contributed by atoms with van der Waals surface area (Å²) in [5, 5.41) is 3.46. The normalized spacial score (nSPS) is 20.6. The number of imidazole rings is 1. The van der Waals surface area contributed by atoms with Crippen LogP contribution in [0.3, 0.4) is 0 Å². The summed E-state index contributed by atoms with van der Waals surface area (Å²) in [6.07, 6.45) is 6.37. The van der Waals surface area contributed by atoms with Crippen LogP contribution in [0.1, 0.15) is 32.5 Å². The third-order valence-electron chi connectivity index (χ3n) is 3.73. The van der Waals surface area contributed by atoms with E-state index in [1.807, 2.05) is 6.20 Å². The molecule has 1 aromatic rings. The van der Waals surface area contributed by atoms with Crippen LogP contribution >= 0.6 is 0 Å². The average molecular weight is 236 g/mol. The Labute approximate surface area is 104 Å². The first-order valence-electron chi connectivity index (χ1n) is 6.68. The van der Waals surface area contributed by atoms with Gasteiger partial charge in [-0.3, -0.25) is 4.90 Å². The van der Waals surface area contributed by atoms with Crippen LogP contribution in [-0.4, -0.2) is 40.5 Å². The predicted molar refractivity (Wildman–Crippen MR) is 69.7 cm³/mol. The SMILES string of the molecule is CC1CCN(C(C)CNCc2ncc[nH]2)CC1. The first-order valence-corrected chi connectivity index (χ1v) is 6.68. The van der Waals surface area contributed by atoms with E-state index in [0.29, 0.717) is 6.04 Å². The summed E-state index contributed by atoms with van der Waals surface area (Å²) < 4.78 is 0. The van der Waals surface area contributed by atoms with Crippen molar-refractivity contribution in [3.63, 3.8) is 0 Å². The van der Waals surface area contributed by atoms with Crippen molar-refractivity contribution < 1.29 is 0 Å². The Kier molecular flexibility index (Phi) is 4.57. The highest BCUT2D eigenvalue weighted by molar-refractivity contribution is 4.86. The van der Waals surface area contributed by atoms with Gasteiger partial charge >= 0.3 is 0 Å². The third-order valence-corrected chi connectivity index (χ3v) is 3.73. The van der Waals surface area contributed by atoms with Gasteiger partial charge in [-0.25, -0.2) is 4.98 Å². The molecule has 2 N–H and O–H groups in total. The van der Waals surface area contributed by atoms with Crippen molar-refractivity contribution in [2.75, 3.05) is 19.6 Å². The fraction of sp³-hybridized carbons (Fsp3) is 0.769. The monoisotopic (exact) mass is 236 g/mol. The molecule has 0 spiro atoms. The van der Waals surface area contributed by atoms with Crippen molar-refractivity contribution in [1.82, 2.24) is 20.2 Å². The van der Waals surface area contributed by atoms with Crippen LogP contribution in [0.2, 0.25) is 0 Å². The van der Waals surface area contributed by atoms with Gasteiger partial charge in [-0.1, -0.05) is 6.92 Å². The second kappa shape index (κ2) is 6.17. The maximum atomic E-state index is 4.20. The minimum Gasteiger partial charge on any atom is -0.348 e. The topological polar surface area (TPSA) is 44.0 Å². The van der Waals surface area contributed by atoms with Gasteiger partial charge in [0.1, 0.15) is 5.82 Å². The van der Waals surface area contributed by atoms with Crippen molar-refractivity contribution in [3.05, 3.63) is 18.2 Å². The Bertz CT molecular complexity index is 301. The molecule has 2 heterocycles. The molecule has 0 amide bonds. The first kappa shape index (κ1) is 12.6. The minimum atomic E-state index is 0.623. The number of H-pyrrole nitrogens is 1. The highest BCUT2D eigenvalue weighted by atomic mass is 15.2. The molecule has 0 bridgehead atoms. The van der Waals surface area contributed by atoms with Crippen LogP contribution < -0.4 is 5.32 Å². The third kappa shape index (κ3) is 3.82. The zero-order valence-electron chi connectivity index (χ0n) is 10.9. The number of hydrogen-bond acceptors (Lipinski definition) is 3. The van der Waals surface area contributed by atoms with Gasteiger partial charge in [0.15, 0.2) is 0 Å². The fourth-order valence-corrected chi connectivity index (χ4v) is 2.39. The molecule has 1 unspecified atom stereocenters. The molecule has 17 heavy (non-hydrogen) atoms. The zero-order valence-corrected chi connectivity index (χ0v) is 10.9. The van der Waals surface area contributed by atoms with Crippen LogP contribution in [0.5, 0.6) is 0 Å². The molecule has 0 radical (unpaired) electrons. The van der Waals surface area contributed by atoms with Crippen LogP contribution in [0.15, 0.2) is 12.4 Å². The maximum Gasteiger partial charge on any atom is 0.120 e. The van der Waals surface area contributed by atoms with Crippen molar-refractivity contribution in [2.45, 2.75) is 39.3 Å². The van der Waals surface area contributed by atoms with Crippen molar-refractivity contribution >= 4 is 0 Å². The molecular formula is C13H24N4. The van der Waals surface area contributed by atoms with Gasteiger partial charge < -0.3 is 10.3 Å². The molecular weight excluding hydrogens is 212 g/mol. The van der Waals surface area contributed by atoms with E-state index in [0.717, 1.165) is 24.8 Å². The fourth-order valence-electron chi connectivity index (χ4n) is 2.39. The molecule has 0 saturated carbocycles. The van der Waals surface area contributed by atoms with Crippen LogP contribution in [-0.2, 0) is 6.54 Å².